The first-order valence-electron chi connectivity index (χ1n) is 4.08. The van der Waals surface area contributed by atoms with Gasteiger partial charge in [0.15, 0.2) is 0 Å². The molecule has 0 fully saturated rings. The first kappa shape index (κ1) is 8.26. The topological polar surface area (TPSA) is 33.4 Å². The molecular weight excluding hydrogens is 171 g/mol. The maximum atomic E-state index is 13.2. The van der Waals surface area contributed by atoms with E-state index in [4.69, 9.17) is 9.52 Å². The molecule has 1 aromatic carbocycles. The second kappa shape index (κ2) is 3.18. The lowest BCUT2D eigenvalue weighted by molar-refractivity contribution is 0.298. The molecule has 0 unspecified atom stereocenters. The van der Waals surface area contributed by atoms with Gasteiger partial charge in [-0.2, -0.15) is 0 Å². The molecule has 68 valence electrons. The number of aliphatic hydroxyl groups excluding tert-OH is 1. The van der Waals surface area contributed by atoms with Crippen molar-refractivity contribution in [3.63, 3.8) is 0 Å². The first-order chi connectivity index (χ1) is 6.33. The van der Waals surface area contributed by atoms with Crippen molar-refractivity contribution < 1.29 is 13.9 Å². The van der Waals surface area contributed by atoms with Crippen molar-refractivity contribution in [2.24, 2.45) is 0 Å². The molecule has 0 saturated carbocycles. The van der Waals surface area contributed by atoms with Crippen LogP contribution < -0.4 is 0 Å². The number of rotatable bonds is 2. The number of furan rings is 1. The first-order valence-corrected chi connectivity index (χ1v) is 4.08. The highest BCUT2D eigenvalue weighted by Gasteiger charge is 2.08. The molecule has 2 aromatic rings. The largest absolute Gasteiger partial charge is 0.464 e. The number of aliphatic hydroxyl groups is 1. The minimum Gasteiger partial charge on any atom is -0.464 e. The molecule has 0 bridgehead atoms. The Kier molecular flexibility index (Phi) is 2.02. The van der Waals surface area contributed by atoms with E-state index in [9.17, 15) is 4.39 Å². The van der Waals surface area contributed by atoms with Crippen molar-refractivity contribution in [2.45, 2.75) is 6.42 Å². The van der Waals surface area contributed by atoms with Crippen molar-refractivity contribution >= 4 is 11.0 Å². The maximum absolute atomic E-state index is 13.2. The lowest BCUT2D eigenvalue weighted by Crippen LogP contribution is -1.95. The van der Waals surface area contributed by atoms with Crippen LogP contribution in [-0.2, 0) is 6.42 Å². The summed E-state index contributed by atoms with van der Waals surface area (Å²) in [5.41, 5.74) is 1.18. The number of hydrogen-bond donors (Lipinski definition) is 1. The molecule has 2 nitrogen and oxygen atoms in total. The fraction of sp³-hybridized carbons (Fsp3) is 0.200. The SMILES string of the molecule is OCCc1c(F)ccc2occc12. The van der Waals surface area contributed by atoms with Crippen LogP contribution in [0.4, 0.5) is 4.39 Å². The normalized spacial score (nSPS) is 10.9. The van der Waals surface area contributed by atoms with E-state index >= 15 is 0 Å². The molecule has 0 saturated heterocycles. The van der Waals surface area contributed by atoms with Gasteiger partial charge in [0.25, 0.3) is 0 Å². The van der Waals surface area contributed by atoms with Crippen molar-refractivity contribution in [3.05, 3.63) is 35.8 Å². The van der Waals surface area contributed by atoms with E-state index in [-0.39, 0.29) is 12.4 Å². The van der Waals surface area contributed by atoms with Crippen molar-refractivity contribution in [3.8, 4) is 0 Å². The molecule has 2 rings (SSSR count). The van der Waals surface area contributed by atoms with E-state index in [1.807, 2.05) is 0 Å². The molecule has 0 amide bonds. The average Bonchev–Trinajstić information content (AvgIpc) is 2.58. The van der Waals surface area contributed by atoms with E-state index in [0.717, 1.165) is 5.39 Å². The zero-order valence-corrected chi connectivity index (χ0v) is 6.96. The van der Waals surface area contributed by atoms with Gasteiger partial charge >= 0.3 is 0 Å². The summed E-state index contributed by atoms with van der Waals surface area (Å²) in [5.74, 6) is -0.289. The molecule has 0 aliphatic carbocycles. The van der Waals surface area contributed by atoms with Crippen LogP contribution in [0.25, 0.3) is 11.0 Å². The molecule has 1 aromatic heterocycles. The standard InChI is InChI=1S/C10H9FO2/c11-9-1-2-10-8(4-6-13-10)7(9)3-5-12/h1-2,4,6,12H,3,5H2. The molecular formula is C10H9FO2. The smallest absolute Gasteiger partial charge is 0.134 e. The molecule has 1 heterocycles. The summed E-state index contributed by atoms with van der Waals surface area (Å²) >= 11 is 0. The van der Waals surface area contributed by atoms with Gasteiger partial charge in [-0.05, 0) is 24.6 Å². The Hall–Kier alpha value is -1.35. The highest BCUT2D eigenvalue weighted by Crippen LogP contribution is 2.22. The van der Waals surface area contributed by atoms with Crippen LogP contribution in [0.5, 0.6) is 0 Å². The fourth-order valence-corrected chi connectivity index (χ4v) is 1.44. The van der Waals surface area contributed by atoms with Crippen LogP contribution in [0, 0.1) is 5.82 Å². The number of halogens is 1. The number of benzene rings is 1. The van der Waals surface area contributed by atoms with Gasteiger partial charge in [-0.25, -0.2) is 4.39 Å². The Labute approximate surface area is 74.6 Å². The van der Waals surface area contributed by atoms with Gasteiger partial charge in [-0.1, -0.05) is 0 Å². The molecule has 0 spiro atoms. The van der Waals surface area contributed by atoms with Crippen molar-refractivity contribution in [2.75, 3.05) is 6.61 Å². The van der Waals surface area contributed by atoms with Crippen LogP contribution in [0.3, 0.4) is 0 Å². The zero-order chi connectivity index (χ0) is 9.26. The van der Waals surface area contributed by atoms with Gasteiger partial charge in [0.1, 0.15) is 11.4 Å². The summed E-state index contributed by atoms with van der Waals surface area (Å²) < 4.78 is 18.3. The number of fused-ring (bicyclic) bond motifs is 1. The summed E-state index contributed by atoms with van der Waals surface area (Å²) in [6, 6.07) is 4.66. The minimum absolute atomic E-state index is 0.0544. The fourth-order valence-electron chi connectivity index (χ4n) is 1.44. The zero-order valence-electron chi connectivity index (χ0n) is 6.96. The molecule has 1 N–H and O–H groups in total. The third-order valence-electron chi connectivity index (χ3n) is 2.05. The highest BCUT2D eigenvalue weighted by atomic mass is 19.1. The van der Waals surface area contributed by atoms with Crippen LogP contribution in [0.2, 0.25) is 0 Å². The maximum Gasteiger partial charge on any atom is 0.134 e. The van der Waals surface area contributed by atoms with Gasteiger partial charge in [0.2, 0.25) is 0 Å². The summed E-state index contributed by atoms with van der Waals surface area (Å²) in [4.78, 5) is 0. The monoisotopic (exact) mass is 180 g/mol. The quantitative estimate of drug-likeness (QED) is 0.767. The van der Waals surface area contributed by atoms with Gasteiger partial charge < -0.3 is 9.52 Å². The Morgan fingerprint density at radius 3 is 2.92 bits per heavy atom. The average molecular weight is 180 g/mol. The van der Waals surface area contributed by atoms with Gasteiger partial charge in [-0.3, -0.25) is 0 Å². The van der Waals surface area contributed by atoms with Crippen LogP contribution in [0.1, 0.15) is 5.56 Å². The van der Waals surface area contributed by atoms with E-state index in [0.29, 0.717) is 17.6 Å². The Morgan fingerprint density at radius 2 is 2.15 bits per heavy atom. The molecule has 0 radical (unpaired) electrons. The molecule has 0 aliphatic rings. The second-order valence-corrected chi connectivity index (χ2v) is 2.83. The van der Waals surface area contributed by atoms with E-state index < -0.39 is 0 Å². The molecule has 13 heavy (non-hydrogen) atoms. The third-order valence-corrected chi connectivity index (χ3v) is 2.05. The summed E-state index contributed by atoms with van der Waals surface area (Å²) in [6.07, 6.45) is 1.84. The Balaban J connectivity index is 2.66. The van der Waals surface area contributed by atoms with E-state index in [2.05, 4.69) is 0 Å². The van der Waals surface area contributed by atoms with Crippen molar-refractivity contribution in [1.82, 2.24) is 0 Å². The molecule has 0 atom stereocenters. The summed E-state index contributed by atoms with van der Waals surface area (Å²) in [6.45, 7) is -0.0544. The van der Waals surface area contributed by atoms with Crippen molar-refractivity contribution in [1.29, 1.82) is 0 Å². The predicted octanol–water partition coefficient (Wildman–Crippen LogP) is 2.11. The summed E-state index contributed by atoms with van der Waals surface area (Å²) in [5, 5.41) is 9.49. The summed E-state index contributed by atoms with van der Waals surface area (Å²) in [7, 11) is 0. The lowest BCUT2D eigenvalue weighted by Gasteiger charge is -2.01. The molecule has 0 aliphatic heterocycles. The second-order valence-electron chi connectivity index (χ2n) is 2.83. The van der Waals surface area contributed by atoms with Crippen LogP contribution in [-0.4, -0.2) is 11.7 Å². The lowest BCUT2D eigenvalue weighted by atomic mass is 10.1. The Bertz CT molecular complexity index is 420. The number of hydrogen-bond acceptors (Lipinski definition) is 2. The highest BCUT2D eigenvalue weighted by molar-refractivity contribution is 5.81. The third kappa shape index (κ3) is 1.31. The van der Waals surface area contributed by atoms with Gasteiger partial charge in [-0.15, -0.1) is 0 Å². The molecule has 3 heteroatoms. The predicted molar refractivity (Wildman–Crippen MR) is 47.0 cm³/mol. The van der Waals surface area contributed by atoms with Gasteiger partial charge in [0.05, 0.1) is 6.26 Å². The van der Waals surface area contributed by atoms with Crippen LogP contribution >= 0.6 is 0 Å². The van der Waals surface area contributed by atoms with E-state index in [1.54, 1.807) is 12.1 Å². The minimum atomic E-state index is -0.289. The van der Waals surface area contributed by atoms with Gasteiger partial charge in [0, 0.05) is 17.6 Å². The van der Waals surface area contributed by atoms with Crippen LogP contribution in [0.15, 0.2) is 28.9 Å². The van der Waals surface area contributed by atoms with E-state index in [1.165, 1.54) is 12.3 Å². The Morgan fingerprint density at radius 1 is 1.31 bits per heavy atom.